The molecule has 0 aliphatic heterocycles. The van der Waals surface area contributed by atoms with Crippen molar-refractivity contribution < 1.29 is 14.5 Å². The number of ether oxygens (including phenoxy) is 1. The number of esters is 1. The van der Waals surface area contributed by atoms with Gasteiger partial charge in [0.2, 0.25) is 0 Å². The quantitative estimate of drug-likeness (QED) is 0.365. The fraction of sp³-hybridized carbons (Fsp3) is 0.231. The van der Waals surface area contributed by atoms with Crippen molar-refractivity contribution in [3.8, 4) is 6.07 Å². The zero-order chi connectivity index (χ0) is 15.1. The van der Waals surface area contributed by atoms with Crippen LogP contribution >= 0.6 is 0 Å². The van der Waals surface area contributed by atoms with Gasteiger partial charge < -0.3 is 4.74 Å². The van der Waals surface area contributed by atoms with Crippen LogP contribution in [0.3, 0.4) is 0 Å². The van der Waals surface area contributed by atoms with Crippen molar-refractivity contribution >= 4 is 11.7 Å². The maximum atomic E-state index is 11.1. The first-order chi connectivity index (χ1) is 9.49. The SMILES string of the molecule is C=C(C#N)C(NCC(=O)OC)c1cccc([N+](=O)[O-])c1. The number of rotatable bonds is 6. The molecule has 0 saturated carbocycles. The molecule has 0 aliphatic carbocycles. The highest BCUT2D eigenvalue weighted by molar-refractivity contribution is 5.71. The molecule has 1 N–H and O–H groups in total. The van der Waals surface area contributed by atoms with Crippen molar-refractivity contribution in [3.63, 3.8) is 0 Å². The fourth-order valence-electron chi connectivity index (χ4n) is 1.58. The molecule has 0 fully saturated rings. The van der Waals surface area contributed by atoms with Crippen LogP contribution in [0.1, 0.15) is 11.6 Å². The molecule has 0 aromatic heterocycles. The van der Waals surface area contributed by atoms with Gasteiger partial charge in [0.25, 0.3) is 5.69 Å². The fourth-order valence-corrected chi connectivity index (χ4v) is 1.58. The number of nitrogens with one attached hydrogen (secondary N) is 1. The molecular weight excluding hydrogens is 262 g/mol. The van der Waals surface area contributed by atoms with E-state index in [9.17, 15) is 14.9 Å². The van der Waals surface area contributed by atoms with Gasteiger partial charge in [0, 0.05) is 17.7 Å². The first kappa shape index (κ1) is 15.3. The van der Waals surface area contributed by atoms with Crippen LogP contribution in [-0.2, 0) is 9.53 Å². The normalized spacial score (nSPS) is 11.2. The van der Waals surface area contributed by atoms with E-state index < -0.39 is 16.9 Å². The van der Waals surface area contributed by atoms with E-state index >= 15 is 0 Å². The summed E-state index contributed by atoms with van der Waals surface area (Å²) in [4.78, 5) is 21.3. The van der Waals surface area contributed by atoms with E-state index in [1.54, 1.807) is 6.07 Å². The molecule has 1 aromatic rings. The van der Waals surface area contributed by atoms with Crippen LogP contribution in [0, 0.1) is 21.4 Å². The molecule has 0 radical (unpaired) electrons. The largest absolute Gasteiger partial charge is 0.468 e. The highest BCUT2D eigenvalue weighted by atomic mass is 16.6. The van der Waals surface area contributed by atoms with E-state index in [0.29, 0.717) is 5.56 Å². The number of carbonyl (C=O) groups excluding carboxylic acids is 1. The lowest BCUT2D eigenvalue weighted by Crippen LogP contribution is -2.29. The van der Waals surface area contributed by atoms with E-state index in [0.717, 1.165) is 0 Å². The van der Waals surface area contributed by atoms with E-state index in [4.69, 9.17) is 5.26 Å². The topological polar surface area (TPSA) is 105 Å². The second-order valence-electron chi connectivity index (χ2n) is 3.88. The maximum absolute atomic E-state index is 11.1. The van der Waals surface area contributed by atoms with Crippen LogP contribution in [0.2, 0.25) is 0 Å². The van der Waals surface area contributed by atoms with Crippen molar-refractivity contribution in [3.05, 3.63) is 52.1 Å². The third-order valence-corrected chi connectivity index (χ3v) is 2.58. The summed E-state index contributed by atoms with van der Waals surface area (Å²) in [6, 6.07) is 6.99. The van der Waals surface area contributed by atoms with Crippen LogP contribution in [-0.4, -0.2) is 24.5 Å². The molecule has 0 bridgehead atoms. The molecule has 0 spiro atoms. The molecule has 0 saturated heterocycles. The molecule has 1 unspecified atom stereocenters. The van der Waals surface area contributed by atoms with Crippen LogP contribution < -0.4 is 5.32 Å². The molecule has 7 heteroatoms. The lowest BCUT2D eigenvalue weighted by atomic mass is 10.00. The highest BCUT2D eigenvalue weighted by Crippen LogP contribution is 2.23. The first-order valence-electron chi connectivity index (χ1n) is 5.63. The Bertz CT molecular complexity index is 577. The summed E-state index contributed by atoms with van der Waals surface area (Å²) < 4.78 is 4.49. The monoisotopic (exact) mass is 275 g/mol. The van der Waals surface area contributed by atoms with Crippen molar-refractivity contribution in [2.75, 3.05) is 13.7 Å². The van der Waals surface area contributed by atoms with Gasteiger partial charge in [-0.3, -0.25) is 20.2 Å². The molecule has 1 aromatic carbocycles. The average molecular weight is 275 g/mol. The average Bonchev–Trinajstić information content (AvgIpc) is 2.47. The van der Waals surface area contributed by atoms with Gasteiger partial charge in [-0.2, -0.15) is 5.26 Å². The molecule has 104 valence electrons. The third kappa shape index (κ3) is 3.90. The highest BCUT2D eigenvalue weighted by Gasteiger charge is 2.18. The Morgan fingerprint density at radius 2 is 2.35 bits per heavy atom. The predicted octanol–water partition coefficient (Wildman–Crippen LogP) is 1.48. The number of non-ortho nitro benzene ring substituents is 1. The van der Waals surface area contributed by atoms with Gasteiger partial charge in [0.05, 0.1) is 30.7 Å². The summed E-state index contributed by atoms with van der Waals surface area (Å²) in [6.07, 6.45) is 0. The lowest BCUT2D eigenvalue weighted by molar-refractivity contribution is -0.384. The Morgan fingerprint density at radius 1 is 1.65 bits per heavy atom. The van der Waals surface area contributed by atoms with Crippen molar-refractivity contribution in [2.24, 2.45) is 0 Å². The van der Waals surface area contributed by atoms with E-state index in [1.165, 1.54) is 25.3 Å². The maximum Gasteiger partial charge on any atom is 0.319 e. The minimum atomic E-state index is -0.681. The van der Waals surface area contributed by atoms with Crippen LogP contribution in [0.5, 0.6) is 0 Å². The zero-order valence-electron chi connectivity index (χ0n) is 10.8. The molecule has 7 nitrogen and oxygen atoms in total. The number of hydrogen-bond acceptors (Lipinski definition) is 6. The van der Waals surface area contributed by atoms with E-state index in [1.807, 2.05) is 6.07 Å². The first-order valence-corrected chi connectivity index (χ1v) is 5.63. The van der Waals surface area contributed by atoms with Crippen LogP contribution in [0.25, 0.3) is 0 Å². The van der Waals surface area contributed by atoms with E-state index in [2.05, 4.69) is 16.6 Å². The number of nitro groups is 1. The summed E-state index contributed by atoms with van der Waals surface area (Å²) in [6.45, 7) is 3.45. The van der Waals surface area contributed by atoms with Crippen LogP contribution in [0.15, 0.2) is 36.4 Å². The van der Waals surface area contributed by atoms with Gasteiger partial charge in [0.15, 0.2) is 0 Å². The number of nitrogens with zero attached hydrogens (tertiary/aromatic N) is 2. The van der Waals surface area contributed by atoms with Gasteiger partial charge in [0.1, 0.15) is 0 Å². The summed E-state index contributed by atoms with van der Waals surface area (Å²) in [5.41, 5.74) is 0.530. The molecule has 0 aliphatic rings. The van der Waals surface area contributed by atoms with Crippen molar-refractivity contribution in [1.29, 1.82) is 5.26 Å². The molecule has 0 heterocycles. The summed E-state index contributed by atoms with van der Waals surface area (Å²) in [5, 5.41) is 22.5. The molecule has 1 rings (SSSR count). The predicted molar refractivity (Wildman–Crippen MR) is 70.6 cm³/mol. The minimum absolute atomic E-state index is 0.0990. The Hall–Kier alpha value is -2.72. The zero-order valence-corrected chi connectivity index (χ0v) is 10.8. The van der Waals surface area contributed by atoms with Gasteiger partial charge in [-0.1, -0.05) is 18.7 Å². The summed E-state index contributed by atoms with van der Waals surface area (Å²) in [7, 11) is 1.24. The van der Waals surface area contributed by atoms with E-state index in [-0.39, 0.29) is 17.8 Å². The number of nitriles is 1. The van der Waals surface area contributed by atoms with Gasteiger partial charge in [-0.05, 0) is 5.56 Å². The number of methoxy groups -OCH3 is 1. The second kappa shape index (κ2) is 7.01. The third-order valence-electron chi connectivity index (χ3n) is 2.58. The van der Waals surface area contributed by atoms with Crippen molar-refractivity contribution in [1.82, 2.24) is 5.32 Å². The Balaban J connectivity index is 3.02. The Kier molecular flexibility index (Phi) is 5.38. The minimum Gasteiger partial charge on any atom is -0.468 e. The molecule has 20 heavy (non-hydrogen) atoms. The second-order valence-corrected chi connectivity index (χ2v) is 3.88. The smallest absolute Gasteiger partial charge is 0.319 e. The van der Waals surface area contributed by atoms with Crippen molar-refractivity contribution in [2.45, 2.75) is 6.04 Å². The number of benzene rings is 1. The van der Waals surface area contributed by atoms with Gasteiger partial charge >= 0.3 is 5.97 Å². The van der Waals surface area contributed by atoms with Gasteiger partial charge in [-0.25, -0.2) is 0 Å². The number of carbonyl (C=O) groups is 1. The van der Waals surface area contributed by atoms with Crippen LogP contribution in [0.4, 0.5) is 5.69 Å². The van der Waals surface area contributed by atoms with Gasteiger partial charge in [-0.15, -0.1) is 0 Å². The summed E-state index contributed by atoms with van der Waals surface area (Å²) >= 11 is 0. The lowest BCUT2D eigenvalue weighted by Gasteiger charge is -2.17. The Labute approximate surface area is 115 Å². The summed E-state index contributed by atoms with van der Waals surface area (Å²) in [5.74, 6) is -0.508. The molecular formula is C13H13N3O4. The standard InChI is InChI=1S/C13H13N3O4/c1-9(7-14)13(15-8-12(17)20-2)10-4-3-5-11(6-10)16(18)19/h3-6,13,15H,1,8H2,2H3. The number of hydrogen-bond donors (Lipinski definition) is 1. The number of nitro benzene ring substituents is 1. The Morgan fingerprint density at radius 3 is 2.90 bits per heavy atom. The molecule has 1 atom stereocenters. The molecule has 0 amide bonds.